The van der Waals surface area contributed by atoms with E-state index in [1.54, 1.807) is 0 Å². The van der Waals surface area contributed by atoms with Crippen LogP contribution in [0, 0.1) is 12.8 Å². The number of aromatic nitrogens is 2. The molecule has 1 aromatic rings. The van der Waals surface area contributed by atoms with E-state index in [-0.39, 0.29) is 18.4 Å². The van der Waals surface area contributed by atoms with Crippen LogP contribution in [0.3, 0.4) is 0 Å². The molecule has 1 heterocycles. The zero-order valence-corrected chi connectivity index (χ0v) is 12.3. The molecule has 1 saturated carbocycles. The zero-order valence-electron chi connectivity index (χ0n) is 12.3. The Hall–Kier alpha value is -2.38. The van der Waals surface area contributed by atoms with Gasteiger partial charge in [0.05, 0.1) is 6.54 Å². The lowest BCUT2D eigenvalue weighted by atomic mass is 10.1. The number of nitrogens with zero attached hydrogens (tertiary/aromatic N) is 1. The van der Waals surface area contributed by atoms with Crippen molar-refractivity contribution < 1.29 is 14.7 Å². The Morgan fingerprint density at radius 1 is 1.41 bits per heavy atom. The number of carbonyl (C=O) groups excluding carboxylic acids is 1. The van der Waals surface area contributed by atoms with Crippen molar-refractivity contribution in [3.05, 3.63) is 32.6 Å². The third-order valence-electron chi connectivity index (χ3n) is 3.91. The molecule has 1 aromatic heterocycles. The highest BCUT2D eigenvalue weighted by Gasteiger charge is 2.27. The Kier molecular flexibility index (Phi) is 4.79. The van der Waals surface area contributed by atoms with E-state index in [0.717, 1.165) is 30.3 Å². The molecule has 0 radical (unpaired) electrons. The second kappa shape index (κ2) is 6.59. The molecule has 1 atom stereocenters. The van der Waals surface area contributed by atoms with Crippen LogP contribution in [0.2, 0.25) is 0 Å². The number of aromatic amines is 1. The van der Waals surface area contributed by atoms with Gasteiger partial charge in [0.2, 0.25) is 5.91 Å². The first-order valence-corrected chi connectivity index (χ1v) is 7.22. The van der Waals surface area contributed by atoms with E-state index in [0.29, 0.717) is 5.56 Å². The van der Waals surface area contributed by atoms with Gasteiger partial charge in [0.1, 0.15) is 6.04 Å². The molecule has 22 heavy (non-hydrogen) atoms. The summed E-state index contributed by atoms with van der Waals surface area (Å²) in [4.78, 5) is 48.5. The van der Waals surface area contributed by atoms with Gasteiger partial charge in [-0.25, -0.2) is 9.59 Å². The normalized spacial score (nSPS) is 16.4. The second-order valence-corrected chi connectivity index (χ2v) is 5.60. The molecular weight excluding hydrogens is 290 g/mol. The predicted octanol–water partition coefficient (Wildman–Crippen LogP) is -0.395. The Labute approximate surface area is 126 Å². The van der Waals surface area contributed by atoms with Crippen LogP contribution in [0.15, 0.2) is 15.8 Å². The fourth-order valence-electron chi connectivity index (χ4n) is 2.61. The van der Waals surface area contributed by atoms with E-state index in [2.05, 4.69) is 10.3 Å². The first kappa shape index (κ1) is 16.0. The van der Waals surface area contributed by atoms with Gasteiger partial charge >= 0.3 is 11.7 Å². The number of H-pyrrole nitrogens is 1. The zero-order chi connectivity index (χ0) is 16.3. The van der Waals surface area contributed by atoms with Gasteiger partial charge in [0, 0.05) is 17.7 Å². The maximum Gasteiger partial charge on any atom is 0.328 e. The molecule has 1 aliphatic rings. The van der Waals surface area contributed by atoms with Crippen LogP contribution in [-0.4, -0.2) is 32.6 Å². The Balaban J connectivity index is 2.14. The lowest BCUT2D eigenvalue weighted by molar-refractivity contribution is -0.142. The van der Waals surface area contributed by atoms with E-state index >= 15 is 0 Å². The molecule has 0 bridgehead atoms. The molecule has 0 unspecified atom stereocenters. The van der Waals surface area contributed by atoms with Crippen LogP contribution < -0.4 is 16.6 Å². The first-order chi connectivity index (χ1) is 10.4. The molecule has 2 rings (SSSR count). The van der Waals surface area contributed by atoms with Crippen LogP contribution >= 0.6 is 0 Å². The Morgan fingerprint density at radius 3 is 2.64 bits per heavy atom. The van der Waals surface area contributed by atoms with Crippen molar-refractivity contribution in [1.82, 2.24) is 14.9 Å². The number of hydrogen-bond acceptors (Lipinski definition) is 4. The first-order valence-electron chi connectivity index (χ1n) is 7.22. The number of aryl methyl sites for hydroxylation is 1. The fourth-order valence-corrected chi connectivity index (χ4v) is 2.61. The Morgan fingerprint density at radius 2 is 2.05 bits per heavy atom. The maximum atomic E-state index is 12.0. The smallest absolute Gasteiger partial charge is 0.328 e. The summed E-state index contributed by atoms with van der Waals surface area (Å²) in [5, 5.41) is 11.7. The standard InChI is InChI=1S/C14H19N3O5/c1-8-6-17(14(22)16-11(8)18)7-10(13(20)21)15-12(19)9-4-2-3-5-9/h6,9-10H,2-5,7H2,1H3,(H,15,19)(H,20,21)(H,16,18,22)/t10-/m0/s1. The molecule has 8 heteroatoms. The summed E-state index contributed by atoms with van der Waals surface area (Å²) in [5.74, 6) is -1.67. The average Bonchev–Trinajstić information content (AvgIpc) is 2.97. The number of nitrogens with one attached hydrogen (secondary N) is 2. The molecule has 3 N–H and O–H groups in total. The van der Waals surface area contributed by atoms with Gasteiger partial charge < -0.3 is 10.4 Å². The SMILES string of the molecule is Cc1cn(C[C@H](NC(=O)C2CCCC2)C(=O)O)c(=O)[nH]c1=O. The highest BCUT2D eigenvalue weighted by atomic mass is 16.4. The van der Waals surface area contributed by atoms with E-state index in [9.17, 15) is 24.3 Å². The van der Waals surface area contributed by atoms with Crippen LogP contribution in [0.1, 0.15) is 31.2 Å². The quantitative estimate of drug-likeness (QED) is 0.683. The average molecular weight is 309 g/mol. The number of hydrogen-bond donors (Lipinski definition) is 3. The van der Waals surface area contributed by atoms with Crippen LogP contribution in [0.4, 0.5) is 0 Å². The van der Waals surface area contributed by atoms with Crippen molar-refractivity contribution in [2.45, 2.75) is 45.2 Å². The molecule has 0 aliphatic heterocycles. The minimum atomic E-state index is -1.22. The third-order valence-corrected chi connectivity index (χ3v) is 3.91. The summed E-state index contributed by atoms with van der Waals surface area (Å²) in [7, 11) is 0. The van der Waals surface area contributed by atoms with Crippen LogP contribution in [0.25, 0.3) is 0 Å². The van der Waals surface area contributed by atoms with Gasteiger partial charge in [-0.05, 0) is 19.8 Å². The van der Waals surface area contributed by atoms with Gasteiger partial charge in [-0.15, -0.1) is 0 Å². The van der Waals surface area contributed by atoms with Crippen molar-refractivity contribution in [2.24, 2.45) is 5.92 Å². The predicted molar refractivity (Wildman–Crippen MR) is 77.6 cm³/mol. The van der Waals surface area contributed by atoms with Gasteiger partial charge in [0.15, 0.2) is 0 Å². The molecule has 0 aromatic carbocycles. The summed E-state index contributed by atoms with van der Waals surface area (Å²) >= 11 is 0. The Bertz CT molecular complexity index is 684. The molecule has 0 saturated heterocycles. The highest BCUT2D eigenvalue weighted by Crippen LogP contribution is 2.24. The number of carboxylic acid groups (broad SMARTS) is 1. The number of aliphatic carboxylic acids is 1. The summed E-state index contributed by atoms with van der Waals surface area (Å²) in [6, 6.07) is -1.21. The second-order valence-electron chi connectivity index (χ2n) is 5.60. The lowest BCUT2D eigenvalue weighted by Crippen LogP contribution is -2.47. The molecule has 120 valence electrons. The minimum absolute atomic E-state index is 0.157. The van der Waals surface area contributed by atoms with Crippen molar-refractivity contribution in [1.29, 1.82) is 0 Å². The topological polar surface area (TPSA) is 121 Å². The van der Waals surface area contributed by atoms with Crippen LogP contribution in [0.5, 0.6) is 0 Å². The minimum Gasteiger partial charge on any atom is -0.480 e. The monoisotopic (exact) mass is 309 g/mol. The molecule has 8 nitrogen and oxygen atoms in total. The van der Waals surface area contributed by atoms with Crippen molar-refractivity contribution in [3.8, 4) is 0 Å². The lowest BCUT2D eigenvalue weighted by Gasteiger charge is -2.18. The number of amides is 1. The van der Waals surface area contributed by atoms with Crippen molar-refractivity contribution in [2.75, 3.05) is 0 Å². The number of rotatable bonds is 5. The molecule has 0 spiro atoms. The molecule has 1 amide bonds. The maximum absolute atomic E-state index is 12.0. The van der Waals surface area contributed by atoms with E-state index in [1.165, 1.54) is 13.1 Å². The number of carboxylic acids is 1. The summed E-state index contributed by atoms with van der Waals surface area (Å²) in [6.07, 6.45) is 4.74. The summed E-state index contributed by atoms with van der Waals surface area (Å²) in [6.45, 7) is 1.28. The van der Waals surface area contributed by atoms with Crippen molar-refractivity contribution >= 4 is 11.9 Å². The van der Waals surface area contributed by atoms with Gasteiger partial charge in [-0.3, -0.25) is 19.1 Å². The molecule has 1 fully saturated rings. The summed E-state index contributed by atoms with van der Waals surface area (Å²) < 4.78 is 1.09. The number of carbonyl (C=O) groups is 2. The van der Waals surface area contributed by atoms with E-state index in [4.69, 9.17) is 0 Å². The van der Waals surface area contributed by atoms with Gasteiger partial charge in [-0.2, -0.15) is 0 Å². The largest absolute Gasteiger partial charge is 0.480 e. The molecule has 1 aliphatic carbocycles. The van der Waals surface area contributed by atoms with Crippen LogP contribution in [-0.2, 0) is 16.1 Å². The molecular formula is C14H19N3O5. The van der Waals surface area contributed by atoms with E-state index < -0.39 is 23.3 Å². The third kappa shape index (κ3) is 3.63. The highest BCUT2D eigenvalue weighted by molar-refractivity contribution is 5.85. The summed E-state index contributed by atoms with van der Waals surface area (Å²) in [5.41, 5.74) is -0.911. The van der Waals surface area contributed by atoms with E-state index in [1.807, 2.05) is 0 Å². The van der Waals surface area contributed by atoms with Crippen molar-refractivity contribution in [3.63, 3.8) is 0 Å². The van der Waals surface area contributed by atoms with Gasteiger partial charge in [0.25, 0.3) is 5.56 Å². The fraction of sp³-hybridized carbons (Fsp3) is 0.571. The van der Waals surface area contributed by atoms with Gasteiger partial charge in [-0.1, -0.05) is 12.8 Å².